The number of nitro benzene ring substituents is 1. The molecule has 1 amide bonds. The highest BCUT2D eigenvalue weighted by atomic mass is 16.6. The number of non-ortho nitro benzene ring substituents is 1. The van der Waals surface area contributed by atoms with Crippen molar-refractivity contribution in [3.63, 3.8) is 0 Å². The molecule has 9 nitrogen and oxygen atoms in total. The summed E-state index contributed by atoms with van der Waals surface area (Å²) in [5, 5.41) is 13.9. The maximum absolute atomic E-state index is 12.8. The van der Waals surface area contributed by atoms with E-state index in [1.165, 1.54) is 18.2 Å². The summed E-state index contributed by atoms with van der Waals surface area (Å²) < 4.78 is 6.84. The molecular weight excluding hydrogens is 364 g/mol. The predicted molar refractivity (Wildman–Crippen MR) is 99.7 cm³/mol. The lowest BCUT2D eigenvalue weighted by atomic mass is 9.90. The molecule has 0 saturated heterocycles. The van der Waals surface area contributed by atoms with Gasteiger partial charge in [0.2, 0.25) is 11.9 Å². The number of aromatic nitrogens is 2. The summed E-state index contributed by atoms with van der Waals surface area (Å²) in [7, 11) is 0. The standard InChI is InChI=1S/C19H16N4O5/c1-2-28-18(25)15-16(11-6-5-7-12(10-11)23(26)27)22-14-9-4-3-8-13(14)20-19(22)21-17(15)24/h3-10,15-16H,2H2,1H3,(H,20,21,24). The molecule has 0 radical (unpaired) electrons. The van der Waals surface area contributed by atoms with Gasteiger partial charge in [0.15, 0.2) is 5.92 Å². The largest absolute Gasteiger partial charge is 0.465 e. The molecule has 1 aromatic heterocycles. The van der Waals surface area contributed by atoms with Crippen molar-refractivity contribution in [1.29, 1.82) is 0 Å². The number of nitro groups is 1. The SMILES string of the molecule is CCOC(=O)C1C(=O)Nc2nc3ccccc3n2C1c1cccc([N+](=O)[O-])c1. The van der Waals surface area contributed by atoms with E-state index in [-0.39, 0.29) is 18.2 Å². The second-order valence-corrected chi connectivity index (χ2v) is 6.31. The fraction of sp³-hybridized carbons (Fsp3) is 0.211. The third-order valence-electron chi connectivity index (χ3n) is 4.67. The van der Waals surface area contributed by atoms with Crippen LogP contribution in [0.4, 0.5) is 11.6 Å². The lowest BCUT2D eigenvalue weighted by Crippen LogP contribution is -2.43. The van der Waals surface area contributed by atoms with Crippen molar-refractivity contribution in [3.8, 4) is 0 Å². The number of anilines is 1. The van der Waals surface area contributed by atoms with Crippen molar-refractivity contribution < 1.29 is 19.2 Å². The fourth-order valence-corrected chi connectivity index (χ4v) is 3.53. The van der Waals surface area contributed by atoms with Crippen molar-refractivity contribution in [2.24, 2.45) is 5.92 Å². The first-order chi connectivity index (χ1) is 13.5. The van der Waals surface area contributed by atoms with E-state index in [1.54, 1.807) is 23.6 Å². The Kier molecular flexibility index (Phi) is 4.26. The van der Waals surface area contributed by atoms with Gasteiger partial charge in [-0.15, -0.1) is 0 Å². The highest BCUT2D eigenvalue weighted by molar-refractivity contribution is 6.07. The molecule has 1 aliphatic rings. The van der Waals surface area contributed by atoms with Crippen molar-refractivity contribution in [1.82, 2.24) is 9.55 Å². The Morgan fingerprint density at radius 1 is 1.29 bits per heavy atom. The minimum Gasteiger partial charge on any atom is -0.465 e. The van der Waals surface area contributed by atoms with E-state index in [9.17, 15) is 19.7 Å². The molecule has 2 atom stereocenters. The highest BCUT2D eigenvalue weighted by Crippen LogP contribution is 2.39. The molecule has 0 aliphatic carbocycles. The summed E-state index contributed by atoms with van der Waals surface area (Å²) >= 11 is 0. The van der Waals surface area contributed by atoms with Crippen LogP contribution in [-0.4, -0.2) is 33.0 Å². The fourth-order valence-electron chi connectivity index (χ4n) is 3.53. The van der Waals surface area contributed by atoms with Gasteiger partial charge in [-0.05, 0) is 24.6 Å². The lowest BCUT2D eigenvalue weighted by molar-refractivity contribution is -0.384. The van der Waals surface area contributed by atoms with E-state index < -0.39 is 28.8 Å². The van der Waals surface area contributed by atoms with Crippen LogP contribution in [0.5, 0.6) is 0 Å². The number of ether oxygens (including phenoxy) is 1. The number of hydrogen-bond acceptors (Lipinski definition) is 6. The van der Waals surface area contributed by atoms with Gasteiger partial charge >= 0.3 is 5.97 Å². The molecule has 2 heterocycles. The monoisotopic (exact) mass is 380 g/mol. The summed E-state index contributed by atoms with van der Waals surface area (Å²) in [6.45, 7) is 1.76. The molecule has 0 bridgehead atoms. The highest BCUT2D eigenvalue weighted by Gasteiger charge is 2.44. The summed E-state index contributed by atoms with van der Waals surface area (Å²) in [5.41, 5.74) is 1.66. The molecule has 1 aliphatic heterocycles. The van der Waals surface area contributed by atoms with E-state index in [4.69, 9.17) is 4.74 Å². The third-order valence-corrected chi connectivity index (χ3v) is 4.67. The van der Waals surface area contributed by atoms with Gasteiger partial charge in [-0.1, -0.05) is 24.3 Å². The quantitative estimate of drug-likeness (QED) is 0.322. The molecule has 9 heteroatoms. The van der Waals surface area contributed by atoms with Gasteiger partial charge in [-0.3, -0.25) is 25.0 Å². The van der Waals surface area contributed by atoms with Gasteiger partial charge in [-0.2, -0.15) is 0 Å². The van der Waals surface area contributed by atoms with Gasteiger partial charge in [0.05, 0.1) is 28.6 Å². The van der Waals surface area contributed by atoms with E-state index in [1.807, 2.05) is 18.2 Å². The number of amides is 1. The topological polar surface area (TPSA) is 116 Å². The number of benzene rings is 2. The Balaban J connectivity index is 1.97. The summed E-state index contributed by atoms with van der Waals surface area (Å²) in [4.78, 5) is 40.5. The van der Waals surface area contributed by atoms with Gasteiger partial charge in [0.25, 0.3) is 5.69 Å². The first-order valence-corrected chi connectivity index (χ1v) is 8.70. The van der Waals surface area contributed by atoms with Crippen LogP contribution in [0.3, 0.4) is 0 Å². The van der Waals surface area contributed by atoms with Crippen LogP contribution >= 0.6 is 0 Å². The number of nitrogens with one attached hydrogen (secondary N) is 1. The second kappa shape index (κ2) is 6.76. The number of para-hydroxylation sites is 2. The Hall–Kier alpha value is -3.75. The average molecular weight is 380 g/mol. The average Bonchev–Trinajstić information content (AvgIpc) is 3.04. The molecule has 0 spiro atoms. The van der Waals surface area contributed by atoms with Crippen LogP contribution in [0.1, 0.15) is 18.5 Å². The van der Waals surface area contributed by atoms with Gasteiger partial charge < -0.3 is 9.30 Å². The van der Waals surface area contributed by atoms with Crippen molar-refractivity contribution in [2.45, 2.75) is 13.0 Å². The number of esters is 1. The van der Waals surface area contributed by atoms with Crippen LogP contribution in [-0.2, 0) is 14.3 Å². The summed E-state index contributed by atoms with van der Waals surface area (Å²) in [5.74, 6) is -2.17. The predicted octanol–water partition coefficient (Wildman–Crippen LogP) is 2.67. The number of hydrogen-bond donors (Lipinski definition) is 1. The van der Waals surface area contributed by atoms with Crippen molar-refractivity contribution in [2.75, 3.05) is 11.9 Å². The smallest absolute Gasteiger partial charge is 0.321 e. The zero-order valence-electron chi connectivity index (χ0n) is 14.9. The lowest BCUT2D eigenvalue weighted by Gasteiger charge is -2.32. The van der Waals surface area contributed by atoms with Crippen LogP contribution in [0.15, 0.2) is 48.5 Å². The summed E-state index contributed by atoms with van der Waals surface area (Å²) in [6.07, 6.45) is 0. The minimum absolute atomic E-state index is 0.113. The number of rotatable bonds is 4. The molecule has 2 unspecified atom stereocenters. The van der Waals surface area contributed by atoms with E-state index in [0.29, 0.717) is 16.6 Å². The van der Waals surface area contributed by atoms with Gasteiger partial charge in [0.1, 0.15) is 0 Å². The van der Waals surface area contributed by atoms with Crippen LogP contribution in [0, 0.1) is 16.0 Å². The molecule has 0 saturated carbocycles. The van der Waals surface area contributed by atoms with Gasteiger partial charge in [-0.25, -0.2) is 4.98 Å². The first kappa shape index (κ1) is 17.7. The van der Waals surface area contributed by atoms with Crippen LogP contribution in [0.25, 0.3) is 11.0 Å². The Labute approximate surface area is 159 Å². The first-order valence-electron chi connectivity index (χ1n) is 8.70. The summed E-state index contributed by atoms with van der Waals surface area (Å²) in [6, 6.07) is 12.3. The van der Waals surface area contributed by atoms with E-state index in [0.717, 1.165) is 0 Å². The Morgan fingerprint density at radius 2 is 2.07 bits per heavy atom. The minimum atomic E-state index is -1.20. The molecular formula is C19H16N4O5. The number of carbonyl (C=O) groups is 2. The zero-order valence-corrected chi connectivity index (χ0v) is 14.9. The number of fused-ring (bicyclic) bond motifs is 3. The molecule has 1 N–H and O–H groups in total. The zero-order chi connectivity index (χ0) is 19.8. The molecule has 0 fully saturated rings. The maximum Gasteiger partial charge on any atom is 0.321 e. The maximum atomic E-state index is 12.8. The molecule has 4 rings (SSSR count). The number of nitrogens with zero attached hydrogens (tertiary/aromatic N) is 3. The second-order valence-electron chi connectivity index (χ2n) is 6.31. The third kappa shape index (κ3) is 2.77. The van der Waals surface area contributed by atoms with Crippen molar-refractivity contribution in [3.05, 3.63) is 64.2 Å². The number of carbonyl (C=O) groups excluding carboxylic acids is 2. The van der Waals surface area contributed by atoms with Crippen LogP contribution in [0.2, 0.25) is 0 Å². The molecule has 3 aromatic rings. The molecule has 2 aromatic carbocycles. The van der Waals surface area contributed by atoms with Crippen molar-refractivity contribution >= 4 is 34.5 Å². The molecule has 142 valence electrons. The van der Waals surface area contributed by atoms with Gasteiger partial charge in [0, 0.05) is 12.1 Å². The van der Waals surface area contributed by atoms with E-state index >= 15 is 0 Å². The normalized spacial score (nSPS) is 18.4. The van der Waals surface area contributed by atoms with Crippen LogP contribution < -0.4 is 5.32 Å². The van der Waals surface area contributed by atoms with E-state index in [2.05, 4.69) is 10.3 Å². The molecule has 28 heavy (non-hydrogen) atoms. The Bertz CT molecular complexity index is 1110. The number of imidazole rings is 1. The Morgan fingerprint density at radius 3 is 2.82 bits per heavy atom.